The second kappa shape index (κ2) is 9.26. The molecule has 0 unspecified atom stereocenters. The molecule has 4 heteroatoms. The standard InChI is InChI=1S/C18H22N2OS/c1-2-6-17(16-7-4-3-5-8-16)20-18(21)14-22-13-15-9-11-19-12-10-15/h3-5,7-12,17H,2,6,13-14H2,1H3,(H,20,21)/t17-/m1/s1. The van der Waals surface area contributed by atoms with Crippen molar-refractivity contribution >= 4 is 17.7 Å². The number of hydrogen-bond donors (Lipinski definition) is 1. The molecular weight excluding hydrogens is 292 g/mol. The Morgan fingerprint density at radius 3 is 2.59 bits per heavy atom. The van der Waals surface area contributed by atoms with Crippen LogP contribution in [0.4, 0.5) is 0 Å². The van der Waals surface area contributed by atoms with Gasteiger partial charge in [-0.05, 0) is 29.7 Å². The minimum Gasteiger partial charge on any atom is -0.349 e. The topological polar surface area (TPSA) is 42.0 Å². The third kappa shape index (κ3) is 5.53. The molecule has 0 spiro atoms. The van der Waals surface area contributed by atoms with Crippen molar-refractivity contribution in [1.82, 2.24) is 10.3 Å². The van der Waals surface area contributed by atoms with E-state index in [1.165, 1.54) is 11.1 Å². The fourth-order valence-corrected chi connectivity index (χ4v) is 3.07. The van der Waals surface area contributed by atoms with Crippen molar-refractivity contribution in [3.63, 3.8) is 0 Å². The predicted octanol–water partition coefficient (Wildman–Crippen LogP) is 3.97. The Morgan fingerprint density at radius 1 is 1.18 bits per heavy atom. The highest BCUT2D eigenvalue weighted by atomic mass is 32.2. The van der Waals surface area contributed by atoms with Crippen molar-refractivity contribution < 1.29 is 4.79 Å². The van der Waals surface area contributed by atoms with Gasteiger partial charge in [0.05, 0.1) is 11.8 Å². The highest BCUT2D eigenvalue weighted by Crippen LogP contribution is 2.18. The van der Waals surface area contributed by atoms with Crippen LogP contribution in [-0.4, -0.2) is 16.6 Å². The van der Waals surface area contributed by atoms with Crippen LogP contribution in [0.25, 0.3) is 0 Å². The molecular formula is C18H22N2OS. The van der Waals surface area contributed by atoms with Crippen molar-refractivity contribution in [3.05, 3.63) is 66.0 Å². The zero-order chi connectivity index (χ0) is 15.6. The summed E-state index contributed by atoms with van der Waals surface area (Å²) in [5, 5.41) is 3.15. The Labute approximate surface area is 136 Å². The number of thioether (sulfide) groups is 1. The molecule has 116 valence electrons. The normalized spacial score (nSPS) is 11.9. The van der Waals surface area contributed by atoms with Gasteiger partial charge in [-0.25, -0.2) is 0 Å². The molecule has 0 saturated heterocycles. The Bertz CT molecular complexity index is 560. The van der Waals surface area contributed by atoms with Crippen molar-refractivity contribution in [2.45, 2.75) is 31.6 Å². The van der Waals surface area contributed by atoms with Crippen LogP contribution < -0.4 is 5.32 Å². The zero-order valence-corrected chi connectivity index (χ0v) is 13.7. The van der Waals surface area contributed by atoms with Gasteiger partial charge in [0.25, 0.3) is 0 Å². The largest absolute Gasteiger partial charge is 0.349 e. The van der Waals surface area contributed by atoms with Crippen LogP contribution in [0.5, 0.6) is 0 Å². The average Bonchev–Trinajstić information content (AvgIpc) is 2.56. The van der Waals surface area contributed by atoms with E-state index in [9.17, 15) is 4.79 Å². The number of carbonyl (C=O) groups excluding carboxylic acids is 1. The van der Waals surface area contributed by atoms with E-state index in [1.807, 2.05) is 30.3 Å². The molecule has 2 aromatic rings. The van der Waals surface area contributed by atoms with Gasteiger partial charge in [0, 0.05) is 18.1 Å². The van der Waals surface area contributed by atoms with Crippen molar-refractivity contribution in [2.75, 3.05) is 5.75 Å². The van der Waals surface area contributed by atoms with Crippen LogP contribution in [-0.2, 0) is 10.5 Å². The molecule has 0 aliphatic carbocycles. The lowest BCUT2D eigenvalue weighted by Gasteiger charge is -2.18. The molecule has 1 heterocycles. The van der Waals surface area contributed by atoms with E-state index < -0.39 is 0 Å². The summed E-state index contributed by atoms with van der Waals surface area (Å²) < 4.78 is 0. The fraction of sp³-hybridized carbons (Fsp3) is 0.333. The highest BCUT2D eigenvalue weighted by molar-refractivity contribution is 7.99. The van der Waals surface area contributed by atoms with Gasteiger partial charge in [-0.3, -0.25) is 9.78 Å². The monoisotopic (exact) mass is 314 g/mol. The van der Waals surface area contributed by atoms with Gasteiger partial charge in [-0.1, -0.05) is 43.7 Å². The van der Waals surface area contributed by atoms with Crippen molar-refractivity contribution in [1.29, 1.82) is 0 Å². The Morgan fingerprint density at radius 2 is 1.91 bits per heavy atom. The van der Waals surface area contributed by atoms with Gasteiger partial charge < -0.3 is 5.32 Å². The molecule has 1 aromatic carbocycles. The summed E-state index contributed by atoms with van der Waals surface area (Å²) in [4.78, 5) is 16.1. The fourth-order valence-electron chi connectivity index (χ4n) is 2.27. The number of benzene rings is 1. The molecule has 1 N–H and O–H groups in total. The van der Waals surface area contributed by atoms with Crippen LogP contribution in [0, 0.1) is 0 Å². The van der Waals surface area contributed by atoms with Gasteiger partial charge in [0.15, 0.2) is 0 Å². The first kappa shape index (κ1) is 16.6. The number of pyridine rings is 1. The van der Waals surface area contributed by atoms with Gasteiger partial charge >= 0.3 is 0 Å². The molecule has 1 atom stereocenters. The molecule has 0 aliphatic heterocycles. The second-order valence-electron chi connectivity index (χ2n) is 5.17. The van der Waals surface area contributed by atoms with Gasteiger partial charge in [-0.15, -0.1) is 11.8 Å². The van der Waals surface area contributed by atoms with E-state index in [4.69, 9.17) is 0 Å². The molecule has 0 aliphatic rings. The third-order valence-corrected chi connectivity index (χ3v) is 4.37. The van der Waals surface area contributed by atoms with Gasteiger partial charge in [-0.2, -0.15) is 0 Å². The van der Waals surface area contributed by atoms with Crippen LogP contribution in [0.15, 0.2) is 54.9 Å². The van der Waals surface area contributed by atoms with Crippen LogP contribution in [0.2, 0.25) is 0 Å². The molecule has 0 bridgehead atoms. The summed E-state index contributed by atoms with van der Waals surface area (Å²) in [5.74, 6) is 1.41. The lowest BCUT2D eigenvalue weighted by Crippen LogP contribution is -2.30. The summed E-state index contributed by atoms with van der Waals surface area (Å²) in [5.41, 5.74) is 2.37. The third-order valence-electron chi connectivity index (χ3n) is 3.37. The number of carbonyl (C=O) groups is 1. The van der Waals surface area contributed by atoms with E-state index in [0.29, 0.717) is 5.75 Å². The maximum Gasteiger partial charge on any atom is 0.230 e. The van der Waals surface area contributed by atoms with Crippen molar-refractivity contribution in [2.24, 2.45) is 0 Å². The first-order valence-electron chi connectivity index (χ1n) is 7.60. The SMILES string of the molecule is CCC[C@@H](NC(=O)CSCc1ccncc1)c1ccccc1. The first-order valence-corrected chi connectivity index (χ1v) is 8.76. The number of hydrogen-bond acceptors (Lipinski definition) is 3. The van der Waals surface area contributed by atoms with Crippen LogP contribution >= 0.6 is 11.8 Å². The molecule has 3 nitrogen and oxygen atoms in total. The minimum absolute atomic E-state index is 0.0985. The Hall–Kier alpha value is -1.81. The van der Waals surface area contributed by atoms with E-state index in [1.54, 1.807) is 24.2 Å². The minimum atomic E-state index is 0.0985. The van der Waals surface area contributed by atoms with Crippen LogP contribution in [0.1, 0.15) is 36.9 Å². The molecule has 2 rings (SSSR count). The maximum absolute atomic E-state index is 12.1. The summed E-state index contributed by atoms with van der Waals surface area (Å²) in [6, 6.07) is 14.3. The number of rotatable bonds is 8. The summed E-state index contributed by atoms with van der Waals surface area (Å²) in [6.07, 6.45) is 5.57. The number of aromatic nitrogens is 1. The van der Waals surface area contributed by atoms with Crippen molar-refractivity contribution in [3.8, 4) is 0 Å². The first-order chi connectivity index (χ1) is 10.8. The Kier molecular flexibility index (Phi) is 6.97. The summed E-state index contributed by atoms with van der Waals surface area (Å²) in [6.45, 7) is 2.14. The summed E-state index contributed by atoms with van der Waals surface area (Å²) >= 11 is 1.63. The molecule has 1 aromatic heterocycles. The Balaban J connectivity index is 1.81. The number of nitrogens with one attached hydrogen (secondary N) is 1. The van der Waals surface area contributed by atoms with E-state index >= 15 is 0 Å². The second-order valence-corrected chi connectivity index (χ2v) is 6.15. The smallest absolute Gasteiger partial charge is 0.230 e. The molecule has 22 heavy (non-hydrogen) atoms. The molecule has 0 radical (unpaired) electrons. The van der Waals surface area contributed by atoms with Gasteiger partial charge in [0.2, 0.25) is 5.91 Å². The zero-order valence-electron chi connectivity index (χ0n) is 12.9. The summed E-state index contributed by atoms with van der Waals surface area (Å²) in [7, 11) is 0. The molecule has 1 amide bonds. The van der Waals surface area contributed by atoms with E-state index in [-0.39, 0.29) is 11.9 Å². The van der Waals surface area contributed by atoms with Gasteiger partial charge in [0.1, 0.15) is 0 Å². The quantitative estimate of drug-likeness (QED) is 0.801. The highest BCUT2D eigenvalue weighted by Gasteiger charge is 2.13. The number of amides is 1. The average molecular weight is 314 g/mol. The predicted molar refractivity (Wildman–Crippen MR) is 92.6 cm³/mol. The molecule has 0 fully saturated rings. The maximum atomic E-state index is 12.1. The van der Waals surface area contributed by atoms with Crippen LogP contribution in [0.3, 0.4) is 0 Å². The number of nitrogens with zero attached hydrogens (tertiary/aromatic N) is 1. The lowest BCUT2D eigenvalue weighted by molar-refractivity contribution is -0.119. The lowest BCUT2D eigenvalue weighted by atomic mass is 10.0. The molecule has 0 saturated carbocycles. The van der Waals surface area contributed by atoms with E-state index in [2.05, 4.69) is 29.4 Å². The van der Waals surface area contributed by atoms with E-state index in [0.717, 1.165) is 18.6 Å².